The van der Waals surface area contributed by atoms with Gasteiger partial charge in [-0.2, -0.15) is 0 Å². The summed E-state index contributed by atoms with van der Waals surface area (Å²) in [5.41, 5.74) is 10.5. The van der Waals surface area contributed by atoms with Crippen molar-refractivity contribution in [1.29, 1.82) is 0 Å². The van der Waals surface area contributed by atoms with E-state index in [9.17, 15) is 0 Å². The molecular formula is C52H32N4S. The van der Waals surface area contributed by atoms with Gasteiger partial charge in [0, 0.05) is 48.5 Å². The number of rotatable bonds is 6. The second-order valence-corrected chi connectivity index (χ2v) is 15.3. The zero-order chi connectivity index (χ0) is 37.7. The molecule has 0 fully saturated rings. The summed E-state index contributed by atoms with van der Waals surface area (Å²) >= 11 is 1.82. The van der Waals surface area contributed by atoms with Crippen LogP contribution in [0, 0.1) is 0 Å². The van der Waals surface area contributed by atoms with Crippen LogP contribution >= 0.6 is 11.3 Å². The van der Waals surface area contributed by atoms with Gasteiger partial charge in [-0.3, -0.25) is 0 Å². The van der Waals surface area contributed by atoms with Crippen LogP contribution < -0.4 is 0 Å². The Morgan fingerprint density at radius 3 is 1.54 bits per heavy atom. The highest BCUT2D eigenvalue weighted by Crippen LogP contribution is 2.44. The first-order valence-corrected chi connectivity index (χ1v) is 19.9. The van der Waals surface area contributed by atoms with Crippen molar-refractivity contribution in [2.45, 2.75) is 0 Å². The number of benzene rings is 8. The summed E-state index contributed by atoms with van der Waals surface area (Å²) in [5.74, 6) is 1.91. The second kappa shape index (κ2) is 13.7. The molecule has 0 atom stereocenters. The van der Waals surface area contributed by atoms with Crippen LogP contribution in [0.3, 0.4) is 0 Å². The summed E-state index contributed by atoms with van der Waals surface area (Å²) in [6.07, 6.45) is 0. The van der Waals surface area contributed by atoms with Gasteiger partial charge in [-0.1, -0.05) is 182 Å². The van der Waals surface area contributed by atoms with E-state index in [4.69, 9.17) is 19.9 Å². The molecule has 266 valence electrons. The smallest absolute Gasteiger partial charge is 0.164 e. The van der Waals surface area contributed by atoms with Crippen LogP contribution in [-0.2, 0) is 0 Å². The maximum Gasteiger partial charge on any atom is 0.164 e. The number of nitrogens with zero attached hydrogens (tertiary/aromatic N) is 4. The molecule has 8 aromatic carbocycles. The normalized spacial score (nSPS) is 11.5. The molecule has 3 aromatic heterocycles. The third-order valence-electron chi connectivity index (χ3n) is 10.7. The standard InChI is InChI=1S/C52H32N4S/c1-3-12-33(13-4-1)40-17-11-18-41(32-40)52-55-50(38-15-5-2-6-16-38)54-51(56-52)39-28-24-35(25-29-39)34-22-26-37(27-23-34)47-49-46(43-20-9-10-21-45(43)57-49)44-31-30-36-14-7-8-19-42(36)48(44)53-47/h1-32H. The fourth-order valence-corrected chi connectivity index (χ4v) is 9.10. The average molecular weight is 745 g/mol. The fourth-order valence-electron chi connectivity index (χ4n) is 7.87. The van der Waals surface area contributed by atoms with Crippen molar-refractivity contribution < 1.29 is 0 Å². The van der Waals surface area contributed by atoms with Crippen LogP contribution in [0.5, 0.6) is 0 Å². The summed E-state index contributed by atoms with van der Waals surface area (Å²) in [6, 6.07) is 67.9. The first-order valence-electron chi connectivity index (χ1n) is 19.0. The van der Waals surface area contributed by atoms with E-state index in [-0.39, 0.29) is 0 Å². The van der Waals surface area contributed by atoms with Crippen LogP contribution in [-0.4, -0.2) is 19.9 Å². The lowest BCUT2D eigenvalue weighted by molar-refractivity contribution is 1.07. The molecule has 3 heterocycles. The molecule has 0 aliphatic rings. The van der Waals surface area contributed by atoms with E-state index < -0.39 is 0 Å². The largest absolute Gasteiger partial charge is 0.246 e. The number of hydrogen-bond acceptors (Lipinski definition) is 5. The zero-order valence-corrected chi connectivity index (χ0v) is 31.5. The Morgan fingerprint density at radius 2 is 0.825 bits per heavy atom. The number of pyridine rings is 1. The van der Waals surface area contributed by atoms with Gasteiger partial charge < -0.3 is 0 Å². The van der Waals surface area contributed by atoms with Crippen LogP contribution in [0.15, 0.2) is 194 Å². The van der Waals surface area contributed by atoms with Crippen molar-refractivity contribution in [3.8, 4) is 67.7 Å². The molecular weight excluding hydrogens is 713 g/mol. The molecule has 0 radical (unpaired) electrons. The Hall–Kier alpha value is -7.34. The lowest BCUT2D eigenvalue weighted by Crippen LogP contribution is -2.00. The highest BCUT2D eigenvalue weighted by atomic mass is 32.1. The van der Waals surface area contributed by atoms with Crippen molar-refractivity contribution in [2.24, 2.45) is 0 Å². The van der Waals surface area contributed by atoms with E-state index in [1.54, 1.807) is 0 Å². The molecule has 0 saturated heterocycles. The van der Waals surface area contributed by atoms with Crippen molar-refractivity contribution in [3.63, 3.8) is 0 Å². The minimum Gasteiger partial charge on any atom is -0.246 e. The lowest BCUT2D eigenvalue weighted by atomic mass is 9.98. The Bertz CT molecular complexity index is 3270. The van der Waals surface area contributed by atoms with Crippen LogP contribution in [0.1, 0.15) is 0 Å². The Morgan fingerprint density at radius 1 is 0.316 bits per heavy atom. The highest BCUT2D eigenvalue weighted by Gasteiger charge is 2.18. The van der Waals surface area contributed by atoms with Gasteiger partial charge in [-0.15, -0.1) is 11.3 Å². The van der Waals surface area contributed by atoms with Crippen LogP contribution in [0.2, 0.25) is 0 Å². The topological polar surface area (TPSA) is 51.6 Å². The minimum atomic E-state index is 0.633. The number of thiophene rings is 1. The third-order valence-corrected chi connectivity index (χ3v) is 11.9. The summed E-state index contributed by atoms with van der Waals surface area (Å²) in [5, 5.41) is 6.13. The van der Waals surface area contributed by atoms with Gasteiger partial charge >= 0.3 is 0 Å². The molecule has 0 saturated carbocycles. The maximum absolute atomic E-state index is 5.41. The lowest BCUT2D eigenvalue weighted by Gasteiger charge is -2.11. The molecule has 0 amide bonds. The average Bonchev–Trinajstić information content (AvgIpc) is 3.69. The van der Waals surface area contributed by atoms with Gasteiger partial charge in [0.25, 0.3) is 0 Å². The van der Waals surface area contributed by atoms with Crippen molar-refractivity contribution in [1.82, 2.24) is 19.9 Å². The first kappa shape index (κ1) is 33.0. The third kappa shape index (κ3) is 5.93. The summed E-state index contributed by atoms with van der Waals surface area (Å²) < 4.78 is 2.49. The Labute approximate surface area is 333 Å². The van der Waals surface area contributed by atoms with Gasteiger partial charge in [0.15, 0.2) is 17.5 Å². The Kier molecular flexibility index (Phi) is 7.97. The number of hydrogen-bond donors (Lipinski definition) is 0. The predicted octanol–water partition coefficient (Wildman–Crippen LogP) is 13.9. The summed E-state index contributed by atoms with van der Waals surface area (Å²) in [7, 11) is 0. The molecule has 0 N–H and O–H groups in total. The molecule has 0 aliphatic carbocycles. The molecule has 0 bridgehead atoms. The number of aromatic nitrogens is 4. The second-order valence-electron chi connectivity index (χ2n) is 14.2. The van der Waals surface area contributed by atoms with E-state index in [2.05, 4.69) is 158 Å². The first-order chi connectivity index (χ1) is 28.2. The van der Waals surface area contributed by atoms with E-state index in [1.165, 1.54) is 36.3 Å². The molecule has 0 aliphatic heterocycles. The number of fused-ring (bicyclic) bond motifs is 7. The van der Waals surface area contributed by atoms with Gasteiger partial charge in [0.2, 0.25) is 0 Å². The van der Waals surface area contributed by atoms with Gasteiger partial charge in [-0.05, 0) is 39.8 Å². The SMILES string of the molecule is c1ccc(-c2cccc(-c3nc(-c4ccccc4)nc(-c4ccc(-c5ccc(-c6nc7c8ccccc8ccc7c7c6sc6ccccc67)cc5)cc4)n3)c2)cc1. The van der Waals surface area contributed by atoms with Crippen LogP contribution in [0.25, 0.3) is 110 Å². The molecule has 11 rings (SSSR count). The van der Waals surface area contributed by atoms with E-state index >= 15 is 0 Å². The van der Waals surface area contributed by atoms with Crippen molar-refractivity contribution >= 4 is 53.2 Å². The van der Waals surface area contributed by atoms with Gasteiger partial charge in [0.1, 0.15) is 0 Å². The van der Waals surface area contributed by atoms with Gasteiger partial charge in [0.05, 0.1) is 15.9 Å². The fraction of sp³-hybridized carbons (Fsp3) is 0. The van der Waals surface area contributed by atoms with Crippen LogP contribution in [0.4, 0.5) is 0 Å². The molecule has 57 heavy (non-hydrogen) atoms. The highest BCUT2D eigenvalue weighted by molar-refractivity contribution is 7.26. The zero-order valence-electron chi connectivity index (χ0n) is 30.7. The molecule has 0 unspecified atom stereocenters. The van der Waals surface area contributed by atoms with Gasteiger partial charge in [-0.25, -0.2) is 19.9 Å². The molecule has 5 heteroatoms. The minimum absolute atomic E-state index is 0.633. The quantitative estimate of drug-likeness (QED) is 0.159. The van der Waals surface area contributed by atoms with Crippen molar-refractivity contribution in [3.05, 3.63) is 194 Å². The predicted molar refractivity (Wildman–Crippen MR) is 238 cm³/mol. The molecule has 0 spiro atoms. The maximum atomic E-state index is 5.41. The van der Waals surface area contributed by atoms with Crippen molar-refractivity contribution in [2.75, 3.05) is 0 Å². The van der Waals surface area contributed by atoms with E-state index in [1.807, 2.05) is 47.7 Å². The molecule has 11 aromatic rings. The Balaban J connectivity index is 0.966. The van der Waals surface area contributed by atoms with E-state index in [0.29, 0.717) is 17.5 Å². The van der Waals surface area contributed by atoms with E-state index in [0.717, 1.165) is 55.7 Å². The monoisotopic (exact) mass is 744 g/mol. The summed E-state index contributed by atoms with van der Waals surface area (Å²) in [4.78, 5) is 20.4. The summed E-state index contributed by atoms with van der Waals surface area (Å²) in [6.45, 7) is 0. The molecule has 4 nitrogen and oxygen atoms in total.